The number of para-hydroxylation sites is 2. The molecule has 1 saturated heterocycles. The number of rotatable bonds is 3. The van der Waals surface area contributed by atoms with Crippen LogP contribution in [0.3, 0.4) is 0 Å². The molecule has 2 aliphatic rings. The minimum absolute atomic E-state index is 0.296. The molecule has 0 bridgehead atoms. The smallest absolute Gasteiger partial charge is 0.175 e. The average Bonchev–Trinajstić information content (AvgIpc) is 2.87. The van der Waals surface area contributed by atoms with Gasteiger partial charge in [0, 0.05) is 37.2 Å². The van der Waals surface area contributed by atoms with E-state index in [1.165, 1.54) is 12.1 Å². The average molecular weight is 523 g/mol. The van der Waals surface area contributed by atoms with E-state index >= 15 is 0 Å². The number of halogens is 2. The predicted octanol–water partition coefficient (Wildman–Crippen LogP) is 6.41. The highest BCUT2D eigenvalue weighted by atomic mass is 32.1. The minimum Gasteiger partial charge on any atom is -0.482 e. The number of nitrogens with one attached hydrogen (secondary N) is 3. The molecule has 2 heterocycles. The van der Waals surface area contributed by atoms with Gasteiger partial charge in [-0.2, -0.15) is 0 Å². The zero-order valence-electron chi connectivity index (χ0n) is 19.3. The Morgan fingerprint density at radius 3 is 2.14 bits per heavy atom. The molecule has 3 aromatic carbocycles. The van der Waals surface area contributed by atoms with Gasteiger partial charge in [-0.15, -0.1) is 0 Å². The molecule has 3 aromatic rings. The lowest BCUT2D eigenvalue weighted by Crippen LogP contribution is -2.50. The number of nitrogens with zero attached hydrogens (tertiary/aromatic N) is 1. The molecule has 5 rings (SSSR count). The number of piperidine rings is 1. The summed E-state index contributed by atoms with van der Waals surface area (Å²) >= 11 is 10.8. The Bertz CT molecular complexity index is 1340. The lowest BCUT2D eigenvalue weighted by atomic mass is 9.88. The van der Waals surface area contributed by atoms with Gasteiger partial charge in [-0.25, -0.2) is 8.78 Å². The van der Waals surface area contributed by atoms with Crippen LogP contribution in [-0.4, -0.2) is 33.8 Å². The summed E-state index contributed by atoms with van der Waals surface area (Å²) in [6.07, 6.45) is 5.65. The van der Waals surface area contributed by atoms with Crippen LogP contribution in [0.1, 0.15) is 18.4 Å². The van der Waals surface area contributed by atoms with Crippen molar-refractivity contribution in [1.82, 2.24) is 4.90 Å². The number of thiocarbonyl (C=S) groups is 2. The van der Waals surface area contributed by atoms with E-state index in [1.54, 1.807) is 36.4 Å². The molecule has 9 heteroatoms. The number of ether oxygens (including phenoxy) is 1. The Morgan fingerprint density at radius 1 is 0.833 bits per heavy atom. The Balaban J connectivity index is 1.18. The summed E-state index contributed by atoms with van der Waals surface area (Å²) in [6, 6.07) is 18.6. The summed E-state index contributed by atoms with van der Waals surface area (Å²) < 4.78 is 34.3. The van der Waals surface area contributed by atoms with Gasteiger partial charge in [0.2, 0.25) is 0 Å². The zero-order valence-corrected chi connectivity index (χ0v) is 20.9. The summed E-state index contributed by atoms with van der Waals surface area (Å²) in [4.78, 5) is 2.04. The van der Waals surface area contributed by atoms with Crippen molar-refractivity contribution in [2.75, 3.05) is 29.0 Å². The van der Waals surface area contributed by atoms with Crippen molar-refractivity contribution in [2.24, 2.45) is 0 Å². The van der Waals surface area contributed by atoms with Gasteiger partial charge in [0.15, 0.2) is 10.2 Å². The summed E-state index contributed by atoms with van der Waals surface area (Å²) in [5.74, 6) is 0.0844. The van der Waals surface area contributed by atoms with E-state index < -0.39 is 5.60 Å². The molecule has 0 amide bonds. The number of anilines is 3. The second-order valence-corrected chi connectivity index (χ2v) is 9.50. The van der Waals surface area contributed by atoms with Gasteiger partial charge in [0.05, 0.1) is 11.4 Å². The Hall–Kier alpha value is -3.56. The molecule has 0 aliphatic carbocycles. The molecule has 1 spiro atoms. The summed E-state index contributed by atoms with van der Waals surface area (Å²) in [5, 5.41) is 9.77. The van der Waals surface area contributed by atoms with Gasteiger partial charge in [0.25, 0.3) is 0 Å². The highest BCUT2D eigenvalue weighted by Gasteiger charge is 2.37. The van der Waals surface area contributed by atoms with E-state index in [-0.39, 0.29) is 11.6 Å². The molecule has 0 saturated carbocycles. The first-order valence-corrected chi connectivity index (χ1v) is 12.4. The Labute approximate surface area is 219 Å². The Kier molecular flexibility index (Phi) is 6.84. The summed E-state index contributed by atoms with van der Waals surface area (Å²) in [5.41, 5.74) is 1.98. The molecule has 0 aromatic heterocycles. The van der Waals surface area contributed by atoms with Crippen LogP contribution in [0.5, 0.6) is 5.75 Å². The van der Waals surface area contributed by atoms with Crippen molar-refractivity contribution in [3.05, 3.63) is 90.0 Å². The largest absolute Gasteiger partial charge is 0.482 e. The van der Waals surface area contributed by atoms with Gasteiger partial charge in [0.1, 0.15) is 23.0 Å². The van der Waals surface area contributed by atoms with Crippen LogP contribution in [0, 0.1) is 11.6 Å². The number of benzene rings is 3. The monoisotopic (exact) mass is 522 g/mol. The molecule has 2 aliphatic heterocycles. The molecular weight excluding hydrogens is 498 g/mol. The van der Waals surface area contributed by atoms with E-state index in [2.05, 4.69) is 28.1 Å². The third kappa shape index (κ3) is 5.32. The van der Waals surface area contributed by atoms with Crippen molar-refractivity contribution in [2.45, 2.75) is 18.4 Å². The predicted molar refractivity (Wildman–Crippen MR) is 149 cm³/mol. The van der Waals surface area contributed by atoms with E-state index in [9.17, 15) is 8.78 Å². The van der Waals surface area contributed by atoms with Crippen LogP contribution in [0.15, 0.2) is 72.8 Å². The summed E-state index contributed by atoms with van der Waals surface area (Å²) in [6.45, 7) is 1.38. The fraction of sp³-hybridized carbons (Fsp3) is 0.185. The third-order valence-corrected chi connectivity index (χ3v) is 6.85. The van der Waals surface area contributed by atoms with Crippen LogP contribution in [0.4, 0.5) is 25.8 Å². The topological polar surface area (TPSA) is 48.6 Å². The van der Waals surface area contributed by atoms with E-state index in [4.69, 9.17) is 29.2 Å². The van der Waals surface area contributed by atoms with Crippen molar-refractivity contribution in [3.63, 3.8) is 0 Å². The number of hydrogen-bond acceptors (Lipinski definition) is 3. The first-order valence-electron chi connectivity index (χ1n) is 11.6. The standard InChI is InChI=1S/C27H24F2N4OS2/c28-20-5-1-3-7-22(20)31-25(35)30-19-9-10-24-18(17-19)11-12-27(34-24)13-15-33(16-14-27)26(36)32-23-8-4-2-6-21(23)29/h1-12,17H,13-16H2,(H,32,36)(H2,30,31,35). The first-order chi connectivity index (χ1) is 17.4. The van der Waals surface area contributed by atoms with Crippen LogP contribution < -0.4 is 20.7 Å². The van der Waals surface area contributed by atoms with Crippen molar-refractivity contribution in [3.8, 4) is 5.75 Å². The molecular formula is C27H24F2N4OS2. The molecule has 184 valence electrons. The zero-order chi connectivity index (χ0) is 25.1. The maximum absolute atomic E-state index is 14.0. The van der Waals surface area contributed by atoms with E-state index in [0.29, 0.717) is 34.7 Å². The summed E-state index contributed by atoms with van der Waals surface area (Å²) in [7, 11) is 0. The van der Waals surface area contributed by atoms with Gasteiger partial charge in [-0.05, 0) is 73.0 Å². The van der Waals surface area contributed by atoms with E-state index in [1.807, 2.05) is 23.1 Å². The highest BCUT2D eigenvalue weighted by molar-refractivity contribution is 7.80. The van der Waals surface area contributed by atoms with Crippen molar-refractivity contribution >= 4 is 57.8 Å². The van der Waals surface area contributed by atoms with Crippen molar-refractivity contribution < 1.29 is 13.5 Å². The van der Waals surface area contributed by atoms with Gasteiger partial charge in [-0.3, -0.25) is 0 Å². The molecule has 0 radical (unpaired) electrons. The molecule has 3 N–H and O–H groups in total. The molecule has 0 unspecified atom stereocenters. The lowest BCUT2D eigenvalue weighted by molar-refractivity contribution is 0.0594. The van der Waals surface area contributed by atoms with Crippen LogP contribution in [0.25, 0.3) is 6.08 Å². The molecule has 1 fully saturated rings. The van der Waals surface area contributed by atoms with Crippen LogP contribution in [0.2, 0.25) is 0 Å². The minimum atomic E-state index is -0.409. The van der Waals surface area contributed by atoms with Crippen LogP contribution in [-0.2, 0) is 0 Å². The van der Waals surface area contributed by atoms with Gasteiger partial charge in [-0.1, -0.05) is 30.3 Å². The number of hydrogen-bond donors (Lipinski definition) is 3. The number of fused-ring (bicyclic) bond motifs is 1. The van der Waals surface area contributed by atoms with Gasteiger partial charge < -0.3 is 25.6 Å². The normalized spacial score (nSPS) is 15.6. The molecule has 0 atom stereocenters. The second kappa shape index (κ2) is 10.2. The quantitative estimate of drug-likeness (QED) is 0.344. The maximum atomic E-state index is 14.0. The highest BCUT2D eigenvalue weighted by Crippen LogP contribution is 2.38. The fourth-order valence-corrected chi connectivity index (χ4v) is 4.83. The fourth-order valence-electron chi connectivity index (χ4n) is 4.31. The maximum Gasteiger partial charge on any atom is 0.175 e. The lowest BCUT2D eigenvalue weighted by Gasteiger charge is -2.42. The second-order valence-electron chi connectivity index (χ2n) is 8.71. The molecule has 5 nitrogen and oxygen atoms in total. The SMILES string of the molecule is Fc1ccccc1NC(=S)Nc1ccc2c(c1)C=CC1(CCN(C(=S)Nc3ccccc3F)CC1)O2. The third-order valence-electron chi connectivity index (χ3n) is 6.28. The molecule has 36 heavy (non-hydrogen) atoms. The van der Waals surface area contributed by atoms with Crippen LogP contribution >= 0.6 is 24.4 Å². The number of likely N-dealkylation sites (tertiary alicyclic amines) is 1. The Morgan fingerprint density at radius 2 is 1.47 bits per heavy atom. The van der Waals surface area contributed by atoms with Crippen molar-refractivity contribution in [1.29, 1.82) is 0 Å². The van der Waals surface area contributed by atoms with E-state index in [0.717, 1.165) is 29.8 Å². The first kappa shape index (κ1) is 24.1. The van der Waals surface area contributed by atoms with Gasteiger partial charge >= 0.3 is 0 Å².